The predicted molar refractivity (Wildman–Crippen MR) is 87.0 cm³/mol. The third-order valence-electron chi connectivity index (χ3n) is 3.12. The van der Waals surface area contributed by atoms with Crippen LogP contribution in [0.1, 0.15) is 26.3 Å². The summed E-state index contributed by atoms with van der Waals surface area (Å²) in [5, 5.41) is 17.1. The Morgan fingerprint density at radius 3 is 2.73 bits per heavy atom. The lowest BCUT2D eigenvalue weighted by molar-refractivity contribution is -0.384. The topological polar surface area (TPSA) is 88.8 Å². The van der Waals surface area contributed by atoms with Gasteiger partial charge in [-0.1, -0.05) is 12.1 Å². The Balaban J connectivity index is 2.73. The monoisotopic (exact) mass is 308 g/mol. The van der Waals surface area contributed by atoms with Gasteiger partial charge in [0.05, 0.1) is 17.1 Å². The Labute approximate surface area is 130 Å². The van der Waals surface area contributed by atoms with E-state index in [4.69, 9.17) is 4.74 Å². The Hall–Kier alpha value is -2.15. The normalized spacial score (nSPS) is 12.1. The van der Waals surface area contributed by atoms with Gasteiger partial charge in [-0.2, -0.15) is 0 Å². The van der Waals surface area contributed by atoms with Gasteiger partial charge in [-0.25, -0.2) is 4.99 Å². The second-order valence-corrected chi connectivity index (χ2v) is 5.44. The van der Waals surface area contributed by atoms with E-state index in [0.29, 0.717) is 19.0 Å². The van der Waals surface area contributed by atoms with E-state index in [-0.39, 0.29) is 11.3 Å². The smallest absolute Gasteiger partial charge is 0.269 e. The summed E-state index contributed by atoms with van der Waals surface area (Å²) >= 11 is 0. The van der Waals surface area contributed by atoms with E-state index >= 15 is 0 Å². The molecule has 22 heavy (non-hydrogen) atoms. The van der Waals surface area contributed by atoms with Gasteiger partial charge in [0.1, 0.15) is 0 Å². The van der Waals surface area contributed by atoms with Crippen LogP contribution in [0.25, 0.3) is 0 Å². The number of nitro groups is 1. The lowest BCUT2D eigenvalue weighted by Crippen LogP contribution is -2.45. The molecule has 0 heterocycles. The van der Waals surface area contributed by atoms with Gasteiger partial charge < -0.3 is 15.4 Å². The van der Waals surface area contributed by atoms with Crippen molar-refractivity contribution >= 4 is 11.6 Å². The van der Waals surface area contributed by atoms with Crippen LogP contribution in [0.2, 0.25) is 0 Å². The molecular weight excluding hydrogens is 284 g/mol. The lowest BCUT2D eigenvalue weighted by Gasteiger charge is -2.24. The minimum Gasteiger partial charge on any atom is -0.377 e. The molecule has 2 N–H and O–H groups in total. The molecule has 0 aliphatic rings. The number of nitrogens with one attached hydrogen (secondary N) is 2. The molecule has 0 unspecified atom stereocenters. The van der Waals surface area contributed by atoms with Gasteiger partial charge in [-0.3, -0.25) is 10.1 Å². The van der Waals surface area contributed by atoms with Crippen LogP contribution in [-0.2, 0) is 11.3 Å². The zero-order valence-electron chi connectivity index (χ0n) is 13.5. The van der Waals surface area contributed by atoms with Gasteiger partial charge in [0, 0.05) is 32.3 Å². The Morgan fingerprint density at radius 2 is 2.14 bits per heavy atom. The van der Waals surface area contributed by atoms with Crippen molar-refractivity contribution in [1.29, 1.82) is 0 Å². The molecule has 1 aromatic rings. The van der Waals surface area contributed by atoms with E-state index in [0.717, 1.165) is 12.1 Å². The Kier molecular flexibility index (Phi) is 6.78. The van der Waals surface area contributed by atoms with E-state index in [1.807, 2.05) is 26.8 Å². The quantitative estimate of drug-likeness (QED) is 0.348. The van der Waals surface area contributed by atoms with Crippen molar-refractivity contribution in [1.82, 2.24) is 10.6 Å². The van der Waals surface area contributed by atoms with Gasteiger partial charge >= 0.3 is 0 Å². The van der Waals surface area contributed by atoms with E-state index in [9.17, 15) is 10.1 Å². The highest BCUT2D eigenvalue weighted by Crippen LogP contribution is 2.13. The first kappa shape index (κ1) is 17.9. The molecule has 7 nitrogen and oxygen atoms in total. The van der Waals surface area contributed by atoms with E-state index in [2.05, 4.69) is 15.6 Å². The molecule has 7 heteroatoms. The molecule has 0 spiro atoms. The van der Waals surface area contributed by atoms with Crippen LogP contribution in [-0.4, -0.2) is 36.7 Å². The molecule has 1 aromatic carbocycles. The number of nitro benzene ring substituents is 1. The van der Waals surface area contributed by atoms with E-state index in [1.54, 1.807) is 13.2 Å². The summed E-state index contributed by atoms with van der Waals surface area (Å²) < 4.78 is 5.35. The highest BCUT2D eigenvalue weighted by Gasteiger charge is 2.16. The van der Waals surface area contributed by atoms with Crippen molar-refractivity contribution in [2.45, 2.75) is 32.9 Å². The molecule has 0 atom stereocenters. The fourth-order valence-electron chi connectivity index (χ4n) is 1.65. The Morgan fingerprint density at radius 1 is 1.41 bits per heavy atom. The number of nitrogens with zero attached hydrogens (tertiary/aromatic N) is 2. The van der Waals surface area contributed by atoms with Crippen molar-refractivity contribution in [3.05, 3.63) is 39.9 Å². The van der Waals surface area contributed by atoms with Crippen LogP contribution in [0.5, 0.6) is 0 Å². The molecule has 0 saturated heterocycles. The number of ether oxygens (including phenoxy) is 1. The average Bonchev–Trinajstić information content (AvgIpc) is 2.50. The van der Waals surface area contributed by atoms with Gasteiger partial charge in [0.15, 0.2) is 5.96 Å². The molecule has 0 aliphatic heterocycles. The first-order valence-electron chi connectivity index (χ1n) is 7.18. The molecule has 0 fully saturated rings. The molecule has 0 radical (unpaired) electrons. The van der Waals surface area contributed by atoms with Crippen LogP contribution in [0.3, 0.4) is 0 Å². The molecule has 0 bridgehead atoms. The summed E-state index contributed by atoms with van der Waals surface area (Å²) in [6.07, 6.45) is 0. The number of hydrogen-bond acceptors (Lipinski definition) is 4. The van der Waals surface area contributed by atoms with Gasteiger partial charge in [0.2, 0.25) is 0 Å². The molecule has 0 aliphatic carbocycles. The van der Waals surface area contributed by atoms with E-state index < -0.39 is 4.92 Å². The van der Waals surface area contributed by atoms with Crippen molar-refractivity contribution in [3.8, 4) is 0 Å². The molecular formula is C15H24N4O3. The van der Waals surface area contributed by atoms with Crippen LogP contribution < -0.4 is 10.6 Å². The lowest BCUT2D eigenvalue weighted by atomic mass is 10.1. The summed E-state index contributed by atoms with van der Waals surface area (Å²) in [7, 11) is 1.66. The number of non-ortho nitro benzene ring substituents is 1. The first-order valence-corrected chi connectivity index (χ1v) is 7.18. The predicted octanol–water partition coefficient (Wildman–Crippen LogP) is 2.07. The summed E-state index contributed by atoms with van der Waals surface area (Å²) in [4.78, 5) is 14.8. The molecule has 0 saturated carbocycles. The standard InChI is InChI=1S/C15H24N4O3/c1-5-16-14(18-11-15(2,3)22-4)17-10-12-7-6-8-13(9-12)19(20)21/h6-9H,5,10-11H2,1-4H3,(H2,16,17,18). The maximum Gasteiger partial charge on any atom is 0.269 e. The molecule has 0 aromatic heterocycles. The van der Waals surface area contributed by atoms with Crippen LogP contribution in [0.15, 0.2) is 29.3 Å². The molecule has 0 amide bonds. The van der Waals surface area contributed by atoms with Crippen LogP contribution in [0, 0.1) is 10.1 Å². The highest BCUT2D eigenvalue weighted by molar-refractivity contribution is 5.79. The highest BCUT2D eigenvalue weighted by atomic mass is 16.6. The number of methoxy groups -OCH3 is 1. The molecule has 122 valence electrons. The van der Waals surface area contributed by atoms with E-state index in [1.165, 1.54) is 12.1 Å². The Bertz CT molecular complexity index is 529. The minimum absolute atomic E-state index is 0.0752. The van der Waals surface area contributed by atoms with Crippen LogP contribution in [0.4, 0.5) is 5.69 Å². The van der Waals surface area contributed by atoms with Crippen molar-refractivity contribution in [2.24, 2.45) is 4.99 Å². The van der Waals surface area contributed by atoms with Gasteiger partial charge in [0.25, 0.3) is 5.69 Å². The molecule has 1 rings (SSSR count). The number of guanidine groups is 1. The summed E-state index contributed by atoms with van der Waals surface area (Å²) in [5.74, 6) is 0.652. The average molecular weight is 308 g/mol. The third-order valence-corrected chi connectivity index (χ3v) is 3.12. The van der Waals surface area contributed by atoms with Crippen molar-refractivity contribution < 1.29 is 9.66 Å². The maximum atomic E-state index is 10.8. The summed E-state index contributed by atoms with van der Waals surface area (Å²) in [5.41, 5.74) is 0.561. The largest absolute Gasteiger partial charge is 0.377 e. The third kappa shape index (κ3) is 6.09. The fraction of sp³-hybridized carbons (Fsp3) is 0.533. The maximum absolute atomic E-state index is 10.8. The number of aliphatic imine (C=N–C) groups is 1. The van der Waals surface area contributed by atoms with Crippen molar-refractivity contribution in [3.63, 3.8) is 0 Å². The second-order valence-electron chi connectivity index (χ2n) is 5.44. The number of hydrogen-bond donors (Lipinski definition) is 2. The first-order chi connectivity index (χ1) is 10.4. The summed E-state index contributed by atoms with van der Waals surface area (Å²) in [6.45, 7) is 7.63. The van der Waals surface area contributed by atoms with Gasteiger partial charge in [-0.15, -0.1) is 0 Å². The zero-order chi connectivity index (χ0) is 16.6. The fourth-order valence-corrected chi connectivity index (χ4v) is 1.65. The number of benzene rings is 1. The van der Waals surface area contributed by atoms with Crippen LogP contribution >= 0.6 is 0 Å². The zero-order valence-corrected chi connectivity index (χ0v) is 13.5. The SMILES string of the molecule is CCNC(=NCc1cccc([N+](=O)[O-])c1)NCC(C)(C)OC. The number of rotatable bonds is 7. The second kappa shape index (κ2) is 8.33. The van der Waals surface area contributed by atoms with Crippen molar-refractivity contribution in [2.75, 3.05) is 20.2 Å². The minimum atomic E-state index is -0.405. The van der Waals surface area contributed by atoms with Gasteiger partial charge in [-0.05, 0) is 26.3 Å². The summed E-state index contributed by atoms with van der Waals surface area (Å²) in [6, 6.07) is 6.49.